The summed E-state index contributed by atoms with van der Waals surface area (Å²) < 4.78 is 18.5. The fourth-order valence-electron chi connectivity index (χ4n) is 2.17. The lowest BCUT2D eigenvalue weighted by Crippen LogP contribution is -2.54. The summed E-state index contributed by atoms with van der Waals surface area (Å²) in [5, 5.41) is 12.8. The van der Waals surface area contributed by atoms with Crippen LogP contribution < -0.4 is 5.32 Å². The van der Waals surface area contributed by atoms with Crippen molar-refractivity contribution in [1.82, 2.24) is 4.90 Å². The number of cyclic esters (lactones) is 1. The van der Waals surface area contributed by atoms with Crippen LogP contribution in [0.4, 0.5) is 14.9 Å². The van der Waals surface area contributed by atoms with Gasteiger partial charge in [0, 0.05) is 13.0 Å². The maximum Gasteiger partial charge on any atom is 0.412 e. The van der Waals surface area contributed by atoms with Crippen molar-refractivity contribution < 1.29 is 23.8 Å². The minimum absolute atomic E-state index is 0.0322. The zero-order valence-corrected chi connectivity index (χ0v) is 12.7. The largest absolute Gasteiger partial charge is 0.438 e. The molecule has 0 spiro atoms. The van der Waals surface area contributed by atoms with E-state index >= 15 is 0 Å². The van der Waals surface area contributed by atoms with Crippen LogP contribution in [0.3, 0.4) is 0 Å². The first-order chi connectivity index (χ1) is 10.1. The van der Waals surface area contributed by atoms with Crippen molar-refractivity contribution >= 4 is 17.7 Å². The van der Waals surface area contributed by atoms with Crippen molar-refractivity contribution in [3.05, 3.63) is 30.1 Å². The predicted molar refractivity (Wildman–Crippen MR) is 77.5 cm³/mol. The van der Waals surface area contributed by atoms with Crippen molar-refractivity contribution in [2.45, 2.75) is 38.5 Å². The van der Waals surface area contributed by atoms with Crippen LogP contribution in [0, 0.1) is 5.82 Å². The van der Waals surface area contributed by atoms with E-state index in [-0.39, 0.29) is 18.7 Å². The summed E-state index contributed by atoms with van der Waals surface area (Å²) in [6, 6.07) is 5.80. The van der Waals surface area contributed by atoms with E-state index in [1.165, 1.54) is 25.1 Å². The minimum atomic E-state index is -1.53. The zero-order valence-electron chi connectivity index (χ0n) is 12.7. The summed E-state index contributed by atoms with van der Waals surface area (Å²) >= 11 is 0. The summed E-state index contributed by atoms with van der Waals surface area (Å²) in [6.45, 7) is 4.59. The second-order valence-corrected chi connectivity index (χ2v) is 5.83. The Bertz CT molecular complexity index is 601. The second-order valence-electron chi connectivity index (χ2n) is 5.83. The van der Waals surface area contributed by atoms with E-state index in [1.807, 2.05) is 0 Å². The van der Waals surface area contributed by atoms with Crippen LogP contribution in [0.1, 0.15) is 27.2 Å². The minimum Gasteiger partial charge on any atom is -0.438 e. The Morgan fingerprint density at radius 3 is 2.55 bits per heavy atom. The predicted octanol–water partition coefficient (Wildman–Crippen LogP) is 2.09. The Morgan fingerprint density at radius 1 is 1.36 bits per heavy atom. The number of para-hydroxylation sites is 1. The highest BCUT2D eigenvalue weighted by molar-refractivity contribution is 5.91. The van der Waals surface area contributed by atoms with Gasteiger partial charge in [-0.25, -0.2) is 9.18 Å². The lowest BCUT2D eigenvalue weighted by Gasteiger charge is -2.34. The van der Waals surface area contributed by atoms with E-state index in [4.69, 9.17) is 4.74 Å². The highest BCUT2D eigenvalue weighted by atomic mass is 19.1. The summed E-state index contributed by atoms with van der Waals surface area (Å²) in [4.78, 5) is 24.7. The number of carbonyl (C=O) groups excluding carboxylic acids is 2. The van der Waals surface area contributed by atoms with Gasteiger partial charge in [-0.05, 0) is 32.9 Å². The number of hydrogen-bond donors (Lipinski definition) is 2. The number of ether oxygens (including phenoxy) is 1. The van der Waals surface area contributed by atoms with Gasteiger partial charge in [-0.2, -0.15) is 0 Å². The quantitative estimate of drug-likeness (QED) is 0.892. The molecule has 1 heterocycles. The normalized spacial score (nSPS) is 23.3. The smallest absolute Gasteiger partial charge is 0.412 e. The molecule has 1 aliphatic rings. The first kappa shape index (κ1) is 16.2. The van der Waals surface area contributed by atoms with Gasteiger partial charge < -0.3 is 15.2 Å². The highest BCUT2D eigenvalue weighted by Gasteiger charge is 2.56. The average molecular weight is 310 g/mol. The third kappa shape index (κ3) is 2.89. The van der Waals surface area contributed by atoms with Crippen LogP contribution in [-0.2, 0) is 9.53 Å². The molecule has 1 atom stereocenters. The third-order valence-corrected chi connectivity index (χ3v) is 3.94. The van der Waals surface area contributed by atoms with Gasteiger partial charge in [0.25, 0.3) is 0 Å². The molecule has 1 saturated heterocycles. The third-order valence-electron chi connectivity index (χ3n) is 3.94. The molecule has 0 unspecified atom stereocenters. The van der Waals surface area contributed by atoms with Gasteiger partial charge in [-0.1, -0.05) is 12.1 Å². The van der Waals surface area contributed by atoms with Crippen LogP contribution in [-0.4, -0.2) is 39.9 Å². The zero-order chi connectivity index (χ0) is 16.5. The number of halogens is 1. The number of hydrogen-bond acceptors (Lipinski definition) is 4. The van der Waals surface area contributed by atoms with Crippen molar-refractivity contribution in [3.63, 3.8) is 0 Å². The number of rotatable bonds is 4. The number of benzene rings is 1. The van der Waals surface area contributed by atoms with E-state index < -0.39 is 29.1 Å². The highest BCUT2D eigenvalue weighted by Crippen LogP contribution is 2.36. The number of aliphatic hydroxyl groups is 1. The van der Waals surface area contributed by atoms with Gasteiger partial charge >= 0.3 is 6.09 Å². The molecule has 0 aromatic heterocycles. The lowest BCUT2D eigenvalue weighted by molar-refractivity contribution is -0.130. The van der Waals surface area contributed by atoms with E-state index in [0.29, 0.717) is 0 Å². The standard InChI is InChI=1S/C15H19FN2O4/c1-14(2)15(3,21)18(13(20)22-14)9-8-12(19)17-11-7-5-4-6-10(11)16/h4-7,21H,8-9H2,1-3H3,(H,17,19)/t15-/m0/s1. The number of nitrogens with one attached hydrogen (secondary N) is 1. The maximum atomic E-state index is 13.4. The molecular weight excluding hydrogens is 291 g/mol. The molecule has 1 aromatic carbocycles. The number of nitrogens with zero attached hydrogens (tertiary/aromatic N) is 1. The molecule has 0 aliphatic carbocycles. The molecule has 120 valence electrons. The van der Waals surface area contributed by atoms with Gasteiger partial charge in [0.2, 0.25) is 5.91 Å². The summed E-state index contributed by atoms with van der Waals surface area (Å²) in [5.41, 5.74) is -2.53. The fourth-order valence-corrected chi connectivity index (χ4v) is 2.17. The molecule has 2 amide bonds. The molecule has 1 aliphatic heterocycles. The molecule has 1 aromatic rings. The van der Waals surface area contributed by atoms with Crippen molar-refractivity contribution in [2.24, 2.45) is 0 Å². The maximum absolute atomic E-state index is 13.4. The Balaban J connectivity index is 1.97. The summed E-state index contributed by atoms with van der Waals surface area (Å²) in [7, 11) is 0. The first-order valence-corrected chi connectivity index (χ1v) is 6.92. The fraction of sp³-hybridized carbons (Fsp3) is 0.467. The molecule has 2 N–H and O–H groups in total. The topological polar surface area (TPSA) is 78.9 Å². The van der Waals surface area contributed by atoms with Crippen LogP contribution >= 0.6 is 0 Å². The van der Waals surface area contributed by atoms with Crippen LogP contribution in [0.25, 0.3) is 0 Å². The van der Waals surface area contributed by atoms with E-state index in [0.717, 1.165) is 4.90 Å². The molecule has 1 fully saturated rings. The monoisotopic (exact) mass is 310 g/mol. The van der Waals surface area contributed by atoms with Crippen LogP contribution in [0.5, 0.6) is 0 Å². The number of amides is 2. The Hall–Kier alpha value is -2.15. The second kappa shape index (κ2) is 5.57. The molecule has 0 radical (unpaired) electrons. The summed E-state index contributed by atoms with van der Waals surface area (Å²) in [6.07, 6.45) is -0.774. The average Bonchev–Trinajstić information content (AvgIpc) is 2.55. The molecule has 2 rings (SSSR count). The van der Waals surface area contributed by atoms with Crippen LogP contribution in [0.15, 0.2) is 24.3 Å². The molecule has 7 heteroatoms. The van der Waals surface area contributed by atoms with E-state index in [2.05, 4.69) is 5.32 Å². The SMILES string of the molecule is CC1(C)OC(=O)N(CCC(=O)Nc2ccccc2F)[C@@]1(C)O. The number of anilines is 1. The Labute approximate surface area is 127 Å². The number of carbonyl (C=O) groups is 2. The molecule has 22 heavy (non-hydrogen) atoms. The van der Waals surface area contributed by atoms with Gasteiger partial charge in [-0.15, -0.1) is 0 Å². The Kier molecular flexibility index (Phi) is 4.10. The molecule has 6 nitrogen and oxygen atoms in total. The van der Waals surface area contributed by atoms with Crippen molar-refractivity contribution in [1.29, 1.82) is 0 Å². The molecule has 0 bridgehead atoms. The summed E-state index contributed by atoms with van der Waals surface area (Å²) in [5.74, 6) is -0.997. The van der Waals surface area contributed by atoms with Gasteiger partial charge in [0.1, 0.15) is 5.82 Å². The first-order valence-electron chi connectivity index (χ1n) is 6.92. The van der Waals surface area contributed by atoms with Crippen molar-refractivity contribution in [2.75, 3.05) is 11.9 Å². The van der Waals surface area contributed by atoms with Gasteiger partial charge in [0.15, 0.2) is 11.3 Å². The molecule has 0 saturated carbocycles. The Morgan fingerprint density at radius 2 is 2.00 bits per heavy atom. The van der Waals surface area contributed by atoms with Gasteiger partial charge in [-0.3, -0.25) is 9.69 Å². The lowest BCUT2D eigenvalue weighted by atomic mass is 9.96. The van der Waals surface area contributed by atoms with E-state index in [9.17, 15) is 19.1 Å². The van der Waals surface area contributed by atoms with Crippen LogP contribution in [0.2, 0.25) is 0 Å². The molecular formula is C15H19FN2O4. The van der Waals surface area contributed by atoms with Gasteiger partial charge in [0.05, 0.1) is 5.69 Å². The van der Waals surface area contributed by atoms with E-state index in [1.54, 1.807) is 19.9 Å². The van der Waals surface area contributed by atoms with Crippen molar-refractivity contribution in [3.8, 4) is 0 Å².